The molecule has 0 aliphatic heterocycles. The molecule has 2 aromatic rings. The second-order valence-electron chi connectivity index (χ2n) is 4.90. The van der Waals surface area contributed by atoms with Crippen LogP contribution in [0.1, 0.15) is 18.5 Å². The maximum atomic E-state index is 13.5. The summed E-state index contributed by atoms with van der Waals surface area (Å²) in [6.45, 7) is 1.83. The van der Waals surface area contributed by atoms with E-state index in [-0.39, 0.29) is 17.3 Å². The van der Waals surface area contributed by atoms with Crippen LogP contribution in [-0.2, 0) is 4.79 Å². The zero-order valence-electron chi connectivity index (χ0n) is 12.6. The van der Waals surface area contributed by atoms with Crippen molar-refractivity contribution in [1.82, 2.24) is 5.32 Å². The predicted molar refractivity (Wildman–Crippen MR) is 86.7 cm³/mol. The fraction of sp³-hybridized carbons (Fsp3) is 0.111. The van der Waals surface area contributed by atoms with Crippen LogP contribution in [-0.4, -0.2) is 5.91 Å². The molecule has 0 radical (unpaired) electrons. The molecule has 0 bridgehead atoms. The highest BCUT2D eigenvalue weighted by Crippen LogP contribution is 2.14. The van der Waals surface area contributed by atoms with Crippen LogP contribution < -0.4 is 10.6 Å². The van der Waals surface area contributed by atoms with Gasteiger partial charge in [-0.1, -0.05) is 42.5 Å². The third-order valence-corrected chi connectivity index (χ3v) is 3.26. The summed E-state index contributed by atoms with van der Waals surface area (Å²) >= 11 is 0. The Labute approximate surface area is 134 Å². The molecule has 1 amide bonds. The fourth-order valence-electron chi connectivity index (χ4n) is 1.98. The van der Waals surface area contributed by atoms with E-state index in [0.29, 0.717) is 0 Å². The normalized spacial score (nSPS) is 12.1. The van der Waals surface area contributed by atoms with E-state index in [2.05, 4.69) is 10.6 Å². The Morgan fingerprint density at radius 2 is 1.83 bits per heavy atom. The monoisotopic (exact) mass is 309 g/mol. The van der Waals surface area contributed by atoms with Crippen molar-refractivity contribution in [1.29, 1.82) is 5.26 Å². The number of benzene rings is 2. The van der Waals surface area contributed by atoms with Crippen LogP contribution in [0.25, 0.3) is 0 Å². The number of halogens is 1. The van der Waals surface area contributed by atoms with Gasteiger partial charge in [0.2, 0.25) is 0 Å². The Kier molecular flexibility index (Phi) is 5.48. The van der Waals surface area contributed by atoms with Gasteiger partial charge in [-0.25, -0.2) is 4.39 Å². The molecule has 116 valence electrons. The van der Waals surface area contributed by atoms with Gasteiger partial charge in [-0.3, -0.25) is 4.79 Å². The van der Waals surface area contributed by atoms with Gasteiger partial charge in [0.25, 0.3) is 5.91 Å². The molecule has 23 heavy (non-hydrogen) atoms. The lowest BCUT2D eigenvalue weighted by Crippen LogP contribution is -2.28. The molecule has 0 saturated heterocycles. The van der Waals surface area contributed by atoms with Gasteiger partial charge in [0, 0.05) is 6.20 Å². The summed E-state index contributed by atoms with van der Waals surface area (Å²) in [7, 11) is 0. The van der Waals surface area contributed by atoms with Crippen molar-refractivity contribution in [3.63, 3.8) is 0 Å². The van der Waals surface area contributed by atoms with Gasteiger partial charge in [0.05, 0.1) is 11.7 Å². The first-order chi connectivity index (χ1) is 11.1. The van der Waals surface area contributed by atoms with Crippen LogP contribution in [0.2, 0.25) is 0 Å². The topological polar surface area (TPSA) is 64.9 Å². The number of amides is 1. The summed E-state index contributed by atoms with van der Waals surface area (Å²) in [5.74, 6) is -0.980. The van der Waals surface area contributed by atoms with Gasteiger partial charge in [-0.15, -0.1) is 0 Å². The van der Waals surface area contributed by atoms with Gasteiger partial charge in [-0.2, -0.15) is 5.26 Å². The zero-order valence-corrected chi connectivity index (χ0v) is 12.6. The molecule has 1 unspecified atom stereocenters. The minimum Gasteiger partial charge on any atom is -0.358 e. The number of carbonyl (C=O) groups is 1. The third-order valence-electron chi connectivity index (χ3n) is 3.26. The second kappa shape index (κ2) is 7.76. The molecule has 2 aromatic carbocycles. The molecule has 0 aromatic heterocycles. The first-order valence-electron chi connectivity index (χ1n) is 7.09. The number of nitrogens with one attached hydrogen (secondary N) is 2. The van der Waals surface area contributed by atoms with Gasteiger partial charge in [0.15, 0.2) is 0 Å². The van der Waals surface area contributed by atoms with Crippen molar-refractivity contribution < 1.29 is 9.18 Å². The molecule has 2 rings (SSSR count). The van der Waals surface area contributed by atoms with Crippen molar-refractivity contribution in [2.45, 2.75) is 13.0 Å². The first-order valence-corrected chi connectivity index (χ1v) is 7.09. The third kappa shape index (κ3) is 4.42. The van der Waals surface area contributed by atoms with E-state index in [1.807, 2.05) is 43.3 Å². The van der Waals surface area contributed by atoms with Crippen LogP contribution in [0.4, 0.5) is 10.1 Å². The van der Waals surface area contributed by atoms with E-state index >= 15 is 0 Å². The highest BCUT2D eigenvalue weighted by atomic mass is 19.1. The Morgan fingerprint density at radius 3 is 2.48 bits per heavy atom. The van der Waals surface area contributed by atoms with Crippen molar-refractivity contribution >= 4 is 11.6 Å². The summed E-state index contributed by atoms with van der Waals surface area (Å²) in [6.07, 6.45) is 1.20. The van der Waals surface area contributed by atoms with Crippen LogP contribution in [0.3, 0.4) is 0 Å². The van der Waals surface area contributed by atoms with Gasteiger partial charge in [0.1, 0.15) is 17.5 Å². The number of hydrogen-bond acceptors (Lipinski definition) is 3. The molecule has 0 spiro atoms. The fourth-order valence-corrected chi connectivity index (χ4v) is 1.98. The van der Waals surface area contributed by atoms with E-state index < -0.39 is 11.7 Å². The lowest BCUT2D eigenvalue weighted by molar-refractivity contribution is -0.117. The van der Waals surface area contributed by atoms with Crippen molar-refractivity contribution in [3.8, 4) is 6.07 Å². The van der Waals surface area contributed by atoms with Crippen molar-refractivity contribution in [2.75, 3.05) is 5.32 Å². The predicted octanol–water partition coefficient (Wildman–Crippen LogP) is 3.52. The number of nitrogens with zero attached hydrogens (tertiary/aromatic N) is 1. The van der Waals surface area contributed by atoms with Crippen molar-refractivity contribution in [3.05, 3.63) is 77.8 Å². The minimum absolute atomic E-state index is 0.129. The van der Waals surface area contributed by atoms with Crippen LogP contribution >= 0.6 is 0 Å². The average molecular weight is 309 g/mol. The SMILES string of the molecule is CC(NC(=O)/C(C#N)=C\Nc1ccccc1F)c1ccccc1. The molecule has 4 nitrogen and oxygen atoms in total. The molecule has 0 heterocycles. The second-order valence-corrected chi connectivity index (χ2v) is 4.90. The van der Waals surface area contributed by atoms with Crippen molar-refractivity contribution in [2.24, 2.45) is 0 Å². The number of hydrogen-bond donors (Lipinski definition) is 2. The molecular formula is C18H16FN3O. The summed E-state index contributed by atoms with van der Waals surface area (Å²) in [5.41, 5.74) is 1.00. The molecular weight excluding hydrogens is 293 g/mol. The molecule has 1 atom stereocenters. The highest BCUT2D eigenvalue weighted by Gasteiger charge is 2.13. The number of rotatable bonds is 5. The molecule has 0 fully saturated rings. The molecule has 0 saturated carbocycles. The largest absolute Gasteiger partial charge is 0.358 e. The maximum Gasteiger partial charge on any atom is 0.263 e. The van der Waals surface area contributed by atoms with Gasteiger partial charge in [-0.05, 0) is 24.6 Å². The first kappa shape index (κ1) is 16.2. The van der Waals surface area contributed by atoms with E-state index in [9.17, 15) is 9.18 Å². The van der Waals surface area contributed by atoms with Crippen LogP contribution in [0, 0.1) is 17.1 Å². The lowest BCUT2D eigenvalue weighted by atomic mass is 10.1. The van der Waals surface area contributed by atoms with E-state index in [0.717, 1.165) is 5.56 Å². The van der Waals surface area contributed by atoms with E-state index in [4.69, 9.17) is 5.26 Å². The van der Waals surface area contributed by atoms with Gasteiger partial charge >= 0.3 is 0 Å². The van der Waals surface area contributed by atoms with E-state index in [1.165, 1.54) is 18.3 Å². The Balaban J connectivity index is 2.05. The molecule has 0 aliphatic rings. The summed E-state index contributed by atoms with van der Waals surface area (Å²) in [5, 5.41) is 14.5. The minimum atomic E-state index is -0.521. The number of carbonyl (C=O) groups excluding carboxylic acids is 1. The van der Waals surface area contributed by atoms with Gasteiger partial charge < -0.3 is 10.6 Å². The molecule has 5 heteroatoms. The number of para-hydroxylation sites is 1. The summed E-state index contributed by atoms with van der Waals surface area (Å²) in [4.78, 5) is 12.1. The zero-order chi connectivity index (χ0) is 16.7. The summed E-state index contributed by atoms with van der Waals surface area (Å²) in [6, 6.07) is 17.0. The Morgan fingerprint density at radius 1 is 1.17 bits per heavy atom. The lowest BCUT2D eigenvalue weighted by Gasteiger charge is -2.13. The number of nitriles is 1. The molecule has 2 N–H and O–H groups in total. The Bertz CT molecular complexity index is 750. The molecule has 0 aliphatic carbocycles. The smallest absolute Gasteiger partial charge is 0.263 e. The highest BCUT2D eigenvalue weighted by molar-refractivity contribution is 5.97. The Hall–Kier alpha value is -3.13. The number of anilines is 1. The quantitative estimate of drug-likeness (QED) is 0.656. The van der Waals surface area contributed by atoms with E-state index in [1.54, 1.807) is 12.1 Å². The van der Waals surface area contributed by atoms with Crippen LogP contribution in [0.15, 0.2) is 66.4 Å². The summed E-state index contributed by atoms with van der Waals surface area (Å²) < 4.78 is 13.5. The average Bonchev–Trinajstić information content (AvgIpc) is 2.57. The standard InChI is InChI=1S/C18H16FN3O/c1-13(14-7-3-2-4-8-14)22-18(23)15(11-20)12-21-17-10-6-5-9-16(17)19/h2-10,12-13,21H,1H3,(H,22,23)/b15-12-. The maximum absolute atomic E-state index is 13.5. The van der Waals surface area contributed by atoms with Crippen LogP contribution in [0.5, 0.6) is 0 Å².